The molecule has 0 saturated heterocycles. The van der Waals surface area contributed by atoms with Crippen LogP contribution >= 0.6 is 7.82 Å². The Balaban J connectivity index is 0.00000289. The summed E-state index contributed by atoms with van der Waals surface area (Å²) >= 11 is 0. The molecule has 0 bridgehead atoms. The van der Waals surface area contributed by atoms with Crippen LogP contribution in [0.4, 0.5) is 0 Å². The van der Waals surface area contributed by atoms with E-state index in [2.05, 4.69) is 15.4 Å². The first kappa shape index (κ1) is 24.2. The van der Waals surface area contributed by atoms with Gasteiger partial charge in [0, 0.05) is 11.1 Å². The quantitative estimate of drug-likeness (QED) is 0.338. The van der Waals surface area contributed by atoms with Crippen LogP contribution in [0.5, 0.6) is 34.5 Å². The monoisotopic (exact) mass is 475 g/mol. The van der Waals surface area contributed by atoms with E-state index in [-0.39, 0.29) is 53.6 Å². The molecule has 0 fully saturated rings. The van der Waals surface area contributed by atoms with Gasteiger partial charge in [0.2, 0.25) is 18.3 Å². The number of ether oxygens (including phenoxy) is 5. The van der Waals surface area contributed by atoms with E-state index < -0.39 is 7.82 Å². The molecule has 12 nitrogen and oxygen atoms in total. The summed E-state index contributed by atoms with van der Waals surface area (Å²) in [5, 5.41) is 10.8. The van der Waals surface area contributed by atoms with E-state index in [4.69, 9.17) is 28.2 Å². The molecular formula is C18H19N3NaO9P. The number of methoxy groups -OCH3 is 3. The molecule has 4 rings (SSSR count). The fourth-order valence-corrected chi connectivity index (χ4v) is 3.56. The number of rotatable bonds is 7. The average Bonchev–Trinajstić information content (AvgIpc) is 3.40. The number of hydrogen-bond donors (Lipinski definition) is 3. The number of H-pyrrole nitrogens is 1. The van der Waals surface area contributed by atoms with Crippen LogP contribution in [0.2, 0.25) is 0 Å². The Kier molecular flexibility index (Phi) is 7.23. The normalized spacial score (nSPS) is 12.2. The van der Waals surface area contributed by atoms with Gasteiger partial charge in [0.05, 0.1) is 27.0 Å². The van der Waals surface area contributed by atoms with Crippen molar-refractivity contribution in [2.45, 2.75) is 0 Å². The molecule has 0 aliphatic carbocycles. The molecule has 0 atom stereocenters. The molecule has 14 heteroatoms. The molecule has 0 radical (unpaired) electrons. The number of aromatic nitrogens is 3. The maximum atomic E-state index is 11.4. The minimum atomic E-state index is -4.87. The van der Waals surface area contributed by atoms with E-state index >= 15 is 0 Å². The molecule has 2 aromatic carbocycles. The zero-order valence-corrected chi connectivity index (χ0v) is 17.5. The second kappa shape index (κ2) is 9.57. The van der Waals surface area contributed by atoms with Gasteiger partial charge in [0.25, 0.3) is 0 Å². The Labute approximate surface area is 204 Å². The third kappa shape index (κ3) is 4.65. The number of benzene rings is 2. The van der Waals surface area contributed by atoms with Crippen molar-refractivity contribution in [1.82, 2.24) is 15.4 Å². The van der Waals surface area contributed by atoms with Gasteiger partial charge in [-0.3, -0.25) is 14.9 Å². The Morgan fingerprint density at radius 2 is 1.66 bits per heavy atom. The van der Waals surface area contributed by atoms with E-state index in [1.54, 1.807) is 18.2 Å². The van der Waals surface area contributed by atoms with Crippen molar-refractivity contribution in [2.24, 2.45) is 0 Å². The third-order valence-electron chi connectivity index (χ3n) is 4.43. The van der Waals surface area contributed by atoms with Gasteiger partial charge in [-0.2, -0.15) is 0 Å². The van der Waals surface area contributed by atoms with Crippen molar-refractivity contribution < 1.29 is 42.6 Å². The van der Waals surface area contributed by atoms with Crippen LogP contribution < -0.4 is 28.2 Å². The van der Waals surface area contributed by atoms with E-state index in [1.165, 1.54) is 27.4 Å². The predicted octanol–water partition coefficient (Wildman–Crippen LogP) is 1.72. The van der Waals surface area contributed by atoms with Gasteiger partial charge in [-0.1, -0.05) is 5.21 Å². The Bertz CT molecular complexity index is 1180. The summed E-state index contributed by atoms with van der Waals surface area (Å²) in [6, 6.07) is 6.40. The summed E-state index contributed by atoms with van der Waals surface area (Å²) in [4.78, 5) is 18.6. The maximum absolute atomic E-state index is 11.4. The van der Waals surface area contributed by atoms with Gasteiger partial charge in [-0.15, -0.1) is 5.10 Å². The third-order valence-corrected chi connectivity index (χ3v) is 4.87. The summed E-state index contributed by atoms with van der Waals surface area (Å²) in [6.45, 7) is 0.0690. The number of phosphoric acid groups is 1. The van der Waals surface area contributed by atoms with Gasteiger partial charge in [-0.25, -0.2) is 4.57 Å². The summed E-state index contributed by atoms with van der Waals surface area (Å²) in [6.07, 6.45) is 0. The molecule has 0 amide bonds. The summed E-state index contributed by atoms with van der Waals surface area (Å²) < 4.78 is 43.0. The molecule has 166 valence electrons. The SMILES string of the molecule is COc1cc(-c2[nH]nnc2-c2cc(OC)c3c(c2)OCO3)cc(OP(=O)(O)O)c1OC.[NaH]. The van der Waals surface area contributed by atoms with Crippen molar-refractivity contribution in [3.63, 3.8) is 0 Å². The number of phosphoric ester groups is 1. The molecule has 0 saturated carbocycles. The van der Waals surface area contributed by atoms with Crippen molar-refractivity contribution in [3.05, 3.63) is 24.3 Å². The second-order valence-electron chi connectivity index (χ2n) is 6.24. The van der Waals surface area contributed by atoms with Gasteiger partial charge in [-0.05, 0) is 24.3 Å². The number of hydrogen-bond acceptors (Lipinski definition) is 9. The zero-order valence-electron chi connectivity index (χ0n) is 16.6. The zero-order chi connectivity index (χ0) is 22.2. The molecule has 3 N–H and O–H groups in total. The molecule has 32 heavy (non-hydrogen) atoms. The van der Waals surface area contributed by atoms with E-state index in [9.17, 15) is 14.4 Å². The molecule has 1 aromatic heterocycles. The molecule has 0 unspecified atom stereocenters. The Morgan fingerprint density at radius 1 is 0.969 bits per heavy atom. The van der Waals surface area contributed by atoms with E-state index in [1.807, 2.05) is 0 Å². The number of aromatic amines is 1. The second-order valence-corrected chi connectivity index (χ2v) is 7.40. The minimum absolute atomic E-state index is 0. The Morgan fingerprint density at radius 3 is 2.31 bits per heavy atom. The summed E-state index contributed by atoms with van der Waals surface area (Å²) in [7, 11) is -0.652. The number of nitrogens with zero attached hydrogens (tertiary/aromatic N) is 2. The first-order chi connectivity index (χ1) is 14.8. The fourth-order valence-electron chi connectivity index (χ4n) is 3.17. The van der Waals surface area contributed by atoms with Crippen LogP contribution in [0.3, 0.4) is 0 Å². The summed E-state index contributed by atoms with van der Waals surface area (Å²) in [5.74, 6) is 1.42. The first-order valence-corrected chi connectivity index (χ1v) is 10.3. The molecule has 1 aliphatic rings. The fraction of sp³-hybridized carbons (Fsp3) is 0.222. The van der Waals surface area contributed by atoms with Crippen molar-refractivity contribution in [1.29, 1.82) is 0 Å². The van der Waals surface area contributed by atoms with Crippen LogP contribution in [0.25, 0.3) is 22.5 Å². The van der Waals surface area contributed by atoms with Crippen LogP contribution in [-0.4, -0.2) is 82.9 Å². The van der Waals surface area contributed by atoms with Gasteiger partial charge in [0.15, 0.2) is 23.0 Å². The predicted molar refractivity (Wildman–Crippen MR) is 113 cm³/mol. The van der Waals surface area contributed by atoms with Crippen LogP contribution in [-0.2, 0) is 4.57 Å². The standard InChI is InChI=1S/C18H18N3O9P.Na.H/c1-25-11-4-10(7-14(17(11)27-3)30-31(22,23)24)16-15(19-21-20-16)9-5-12(26-2)18-13(6-9)28-8-29-18;;/h4-7H,8H2,1-3H3,(H,19,20,21)(H2,22,23,24);;. The average molecular weight is 475 g/mol. The Hall–Kier alpha value is -2.47. The van der Waals surface area contributed by atoms with E-state index in [0.717, 1.165) is 0 Å². The summed E-state index contributed by atoms with van der Waals surface area (Å²) in [5.41, 5.74) is 1.89. The topological polar surface area (TPSA) is 154 Å². The van der Waals surface area contributed by atoms with Crippen LogP contribution in [0.15, 0.2) is 24.3 Å². The van der Waals surface area contributed by atoms with Crippen molar-refractivity contribution in [2.75, 3.05) is 28.1 Å². The van der Waals surface area contributed by atoms with Gasteiger partial charge < -0.3 is 28.2 Å². The molecular weight excluding hydrogens is 456 g/mol. The molecule has 3 aromatic rings. The molecule has 0 spiro atoms. The van der Waals surface area contributed by atoms with Gasteiger partial charge in [0.1, 0.15) is 5.69 Å². The first-order valence-electron chi connectivity index (χ1n) is 8.75. The van der Waals surface area contributed by atoms with Crippen LogP contribution in [0, 0.1) is 0 Å². The van der Waals surface area contributed by atoms with Crippen LogP contribution in [0.1, 0.15) is 0 Å². The molecule has 2 heterocycles. The molecule has 1 aliphatic heterocycles. The number of fused-ring (bicyclic) bond motifs is 1. The van der Waals surface area contributed by atoms with Crippen molar-refractivity contribution >= 4 is 37.4 Å². The van der Waals surface area contributed by atoms with E-state index in [0.29, 0.717) is 39.8 Å². The number of nitrogens with one attached hydrogen (secondary N) is 1. The van der Waals surface area contributed by atoms with Crippen molar-refractivity contribution in [3.8, 4) is 57.0 Å². The van der Waals surface area contributed by atoms with Gasteiger partial charge >= 0.3 is 37.4 Å².